The number of halogens is 3. The minimum absolute atomic E-state index is 0.0898. The first kappa shape index (κ1) is 32.8. The largest absolute Gasteiger partial charge is 0.573 e. The summed E-state index contributed by atoms with van der Waals surface area (Å²) in [6.45, 7) is 3.32. The van der Waals surface area contributed by atoms with Crippen LogP contribution >= 0.6 is 0 Å². The maximum Gasteiger partial charge on any atom is 0.573 e. The van der Waals surface area contributed by atoms with Crippen molar-refractivity contribution in [3.8, 4) is 28.0 Å². The summed E-state index contributed by atoms with van der Waals surface area (Å²) in [6, 6.07) is 20.2. The lowest BCUT2D eigenvalue weighted by atomic mass is 10.0. The second-order valence-corrected chi connectivity index (χ2v) is 10.9. The number of carbonyl (C=O) groups excluding carboxylic acids is 2. The second kappa shape index (κ2) is 13.9. The Kier molecular flexibility index (Phi) is 9.31. The highest BCUT2D eigenvalue weighted by atomic mass is 19.4. The first-order valence-electron chi connectivity index (χ1n) is 14.9. The smallest absolute Gasteiger partial charge is 0.406 e. The van der Waals surface area contributed by atoms with Crippen molar-refractivity contribution in [1.82, 2.24) is 19.9 Å². The molecule has 4 aromatic heterocycles. The summed E-state index contributed by atoms with van der Waals surface area (Å²) in [5, 5.41) is 1.55. The van der Waals surface area contributed by atoms with Crippen molar-refractivity contribution in [2.75, 3.05) is 31.2 Å². The summed E-state index contributed by atoms with van der Waals surface area (Å²) < 4.78 is 45.9. The first-order chi connectivity index (χ1) is 23.6. The van der Waals surface area contributed by atoms with Gasteiger partial charge in [-0.2, -0.15) is 0 Å². The van der Waals surface area contributed by atoms with Crippen molar-refractivity contribution in [3.63, 3.8) is 0 Å². The van der Waals surface area contributed by atoms with Crippen molar-refractivity contribution in [2.45, 2.75) is 6.36 Å². The van der Waals surface area contributed by atoms with Crippen LogP contribution in [0.3, 0.4) is 0 Å². The van der Waals surface area contributed by atoms with Crippen molar-refractivity contribution in [1.29, 1.82) is 0 Å². The minimum atomic E-state index is -4.75. The number of nitrogens with zero attached hydrogens (tertiary/aromatic N) is 5. The monoisotopic (exact) mass is 667 g/mol. The fraction of sp³-hybridized carbons (Fsp3) is 0.143. The van der Waals surface area contributed by atoms with Gasteiger partial charge >= 0.3 is 6.36 Å². The number of morpholine rings is 1. The number of amides is 2. The maximum atomic E-state index is 12.2. The van der Waals surface area contributed by atoms with Crippen LogP contribution in [0.15, 0.2) is 97.6 Å². The molecule has 1 saturated heterocycles. The number of ether oxygens (including phenoxy) is 2. The van der Waals surface area contributed by atoms with Crippen LogP contribution in [-0.4, -0.2) is 64.4 Å². The van der Waals surface area contributed by atoms with E-state index in [0.717, 1.165) is 48.3 Å². The third-order valence-corrected chi connectivity index (χ3v) is 7.66. The van der Waals surface area contributed by atoms with Gasteiger partial charge in [0.05, 0.1) is 24.2 Å². The number of rotatable bonds is 6. The van der Waals surface area contributed by atoms with Gasteiger partial charge in [-0.1, -0.05) is 24.3 Å². The van der Waals surface area contributed by atoms with Crippen molar-refractivity contribution < 1.29 is 32.2 Å². The van der Waals surface area contributed by atoms with Crippen LogP contribution in [0.4, 0.5) is 18.9 Å². The molecule has 0 atom stereocenters. The average Bonchev–Trinajstić information content (AvgIpc) is 3.11. The van der Waals surface area contributed by atoms with Crippen LogP contribution in [0.5, 0.6) is 5.75 Å². The molecule has 248 valence electrons. The Bertz CT molecular complexity index is 2140. The number of hydrogen-bond donors (Lipinski definition) is 2. The number of pyridine rings is 4. The molecule has 7 rings (SSSR count). The summed E-state index contributed by atoms with van der Waals surface area (Å²) in [7, 11) is 0. The molecule has 2 amide bonds. The van der Waals surface area contributed by atoms with Gasteiger partial charge in [0.15, 0.2) is 0 Å². The maximum absolute atomic E-state index is 12.2. The molecule has 0 saturated carbocycles. The molecular weight excluding hydrogens is 639 g/mol. The van der Waals surface area contributed by atoms with E-state index in [1.54, 1.807) is 30.7 Å². The van der Waals surface area contributed by atoms with Crippen LogP contribution in [0.25, 0.3) is 44.1 Å². The fourth-order valence-electron chi connectivity index (χ4n) is 5.29. The predicted molar refractivity (Wildman–Crippen MR) is 177 cm³/mol. The SMILES string of the molecule is NC(=O)c1ccc2cncc(-c3ccc(N4CCOCC4)cc3)c2n1.NC(=O)c1ccc2cncc(-c3ccc(OC(F)(F)F)cc3)c2n1. The number of fused-ring (bicyclic) bond motifs is 2. The lowest BCUT2D eigenvalue weighted by Gasteiger charge is -2.28. The third-order valence-electron chi connectivity index (χ3n) is 7.66. The molecule has 1 aliphatic heterocycles. The quantitative estimate of drug-likeness (QED) is 0.233. The number of alkyl halides is 3. The summed E-state index contributed by atoms with van der Waals surface area (Å²) in [6.07, 6.45) is 1.83. The zero-order chi connectivity index (χ0) is 34.5. The normalized spacial score (nSPS) is 13.1. The molecule has 4 N–H and O–H groups in total. The molecular formula is C35H28F3N7O4. The summed E-state index contributed by atoms with van der Waals surface area (Å²) in [5.41, 5.74) is 16.3. The number of primary amides is 2. The summed E-state index contributed by atoms with van der Waals surface area (Å²) in [5.74, 6) is -1.54. The van der Waals surface area contributed by atoms with E-state index >= 15 is 0 Å². The Morgan fingerprint density at radius 1 is 0.673 bits per heavy atom. The molecule has 5 heterocycles. The van der Waals surface area contributed by atoms with Crippen LogP contribution in [0.1, 0.15) is 21.0 Å². The predicted octanol–water partition coefficient (Wildman–Crippen LogP) is 5.53. The highest BCUT2D eigenvalue weighted by Gasteiger charge is 2.31. The number of hydrogen-bond acceptors (Lipinski definition) is 9. The molecule has 49 heavy (non-hydrogen) atoms. The van der Waals surface area contributed by atoms with E-state index in [2.05, 4.69) is 53.8 Å². The van der Waals surface area contributed by atoms with Gasteiger partial charge in [0.1, 0.15) is 17.1 Å². The molecule has 1 aliphatic rings. The number of carbonyl (C=O) groups is 2. The Labute approximate surface area is 277 Å². The van der Waals surface area contributed by atoms with E-state index in [-0.39, 0.29) is 17.1 Å². The zero-order valence-corrected chi connectivity index (χ0v) is 25.7. The Morgan fingerprint density at radius 3 is 1.59 bits per heavy atom. The molecule has 0 radical (unpaired) electrons. The molecule has 0 unspecified atom stereocenters. The van der Waals surface area contributed by atoms with Gasteiger partial charge in [0.2, 0.25) is 0 Å². The summed E-state index contributed by atoms with van der Waals surface area (Å²) >= 11 is 0. The lowest BCUT2D eigenvalue weighted by molar-refractivity contribution is -0.274. The highest BCUT2D eigenvalue weighted by Crippen LogP contribution is 2.31. The van der Waals surface area contributed by atoms with Gasteiger partial charge in [0.25, 0.3) is 11.8 Å². The van der Waals surface area contributed by atoms with E-state index in [9.17, 15) is 22.8 Å². The van der Waals surface area contributed by atoms with Gasteiger partial charge in [-0.05, 0) is 59.7 Å². The lowest BCUT2D eigenvalue weighted by Crippen LogP contribution is -2.36. The number of anilines is 1. The van der Waals surface area contributed by atoms with Crippen LogP contribution in [0, 0.1) is 0 Å². The molecule has 6 aromatic rings. The molecule has 0 aliphatic carbocycles. The van der Waals surface area contributed by atoms with E-state index in [1.165, 1.54) is 42.2 Å². The van der Waals surface area contributed by atoms with Crippen molar-refractivity contribution >= 4 is 39.3 Å². The average molecular weight is 668 g/mol. The Hall–Kier alpha value is -6.15. The summed E-state index contributed by atoms with van der Waals surface area (Å²) in [4.78, 5) is 42.0. The zero-order valence-electron chi connectivity index (χ0n) is 25.7. The molecule has 1 fully saturated rings. The van der Waals surface area contributed by atoms with Crippen molar-refractivity contribution in [2.24, 2.45) is 11.5 Å². The first-order valence-corrected chi connectivity index (χ1v) is 14.9. The van der Waals surface area contributed by atoms with Gasteiger partial charge in [-0.15, -0.1) is 13.2 Å². The van der Waals surface area contributed by atoms with Crippen LogP contribution in [0.2, 0.25) is 0 Å². The topological polar surface area (TPSA) is 159 Å². The van der Waals surface area contributed by atoms with Gasteiger partial charge in [0, 0.05) is 65.5 Å². The van der Waals surface area contributed by atoms with Crippen molar-refractivity contribution in [3.05, 3.63) is 109 Å². The van der Waals surface area contributed by atoms with E-state index in [4.69, 9.17) is 16.2 Å². The Morgan fingerprint density at radius 2 is 1.14 bits per heavy atom. The standard InChI is InChI=1S/C19H18N4O2.C16H10F3N3O2/c20-19(24)17-6-3-14-11-21-12-16(18(14)22-17)13-1-4-15(5-2-13)23-7-9-25-10-8-23;17-16(18,19)24-11-4-1-9(2-5-11)12-8-21-7-10-3-6-13(15(20)23)22-14(10)12/h1-6,11-12H,7-10H2,(H2,20,24);1-8H,(H2,20,23). The molecule has 11 nitrogen and oxygen atoms in total. The number of benzene rings is 2. The molecule has 0 spiro atoms. The van der Waals surface area contributed by atoms with Gasteiger partial charge in [-0.25, -0.2) is 9.97 Å². The molecule has 14 heteroatoms. The van der Waals surface area contributed by atoms with Gasteiger partial charge in [-0.3, -0.25) is 19.6 Å². The third kappa shape index (κ3) is 7.71. The second-order valence-electron chi connectivity index (χ2n) is 10.9. The van der Waals surface area contributed by atoms with E-state index in [1.807, 2.05) is 6.07 Å². The van der Waals surface area contributed by atoms with E-state index in [0.29, 0.717) is 22.0 Å². The van der Waals surface area contributed by atoms with Gasteiger partial charge < -0.3 is 25.8 Å². The van der Waals surface area contributed by atoms with Crippen LogP contribution in [-0.2, 0) is 4.74 Å². The Balaban J connectivity index is 0.000000170. The minimum Gasteiger partial charge on any atom is -0.406 e. The van der Waals surface area contributed by atoms with E-state index < -0.39 is 18.2 Å². The fourth-order valence-corrected chi connectivity index (χ4v) is 5.29. The number of aromatic nitrogens is 4. The highest BCUT2D eigenvalue weighted by molar-refractivity contribution is 5.99. The molecule has 0 bridgehead atoms. The number of nitrogens with two attached hydrogens (primary N) is 2. The molecule has 2 aromatic carbocycles. The van der Waals surface area contributed by atoms with Crippen LogP contribution < -0.4 is 21.1 Å².